The van der Waals surface area contributed by atoms with Gasteiger partial charge in [0.25, 0.3) is 0 Å². The van der Waals surface area contributed by atoms with Crippen molar-refractivity contribution in [1.82, 2.24) is 9.80 Å². The predicted molar refractivity (Wildman–Crippen MR) is 78.3 cm³/mol. The van der Waals surface area contributed by atoms with Gasteiger partial charge in [0.2, 0.25) is 11.8 Å². The van der Waals surface area contributed by atoms with Crippen molar-refractivity contribution in [2.45, 2.75) is 13.0 Å². The normalized spacial score (nSPS) is 17.5. The maximum absolute atomic E-state index is 12.5. The lowest BCUT2D eigenvalue weighted by molar-refractivity contribution is -0.146. The van der Waals surface area contributed by atoms with Gasteiger partial charge in [-0.15, -0.1) is 0 Å². The van der Waals surface area contributed by atoms with E-state index in [1.807, 2.05) is 0 Å². The molecule has 0 aromatic carbocycles. The smallest absolute Gasteiger partial charge is 0.323 e. The summed E-state index contributed by atoms with van der Waals surface area (Å²) in [6, 6.07) is 3.50. The summed E-state index contributed by atoms with van der Waals surface area (Å²) in [5.41, 5.74) is 0. The molecule has 126 valence electrons. The largest absolute Gasteiger partial charge is 0.480 e. The summed E-state index contributed by atoms with van der Waals surface area (Å²) < 4.78 is 10.1. The van der Waals surface area contributed by atoms with Crippen LogP contribution in [0, 0.1) is 5.92 Å². The van der Waals surface area contributed by atoms with Gasteiger partial charge in [-0.25, -0.2) is 0 Å². The number of ether oxygens (including phenoxy) is 1. The lowest BCUT2D eigenvalue weighted by Crippen LogP contribution is -2.42. The third-order valence-corrected chi connectivity index (χ3v) is 3.69. The van der Waals surface area contributed by atoms with Crippen molar-refractivity contribution in [3.8, 4) is 0 Å². The number of likely N-dealkylation sites (tertiary alicyclic amines) is 1. The monoisotopic (exact) mass is 324 g/mol. The van der Waals surface area contributed by atoms with Gasteiger partial charge in [0.15, 0.2) is 0 Å². The minimum absolute atomic E-state index is 0.0860. The molecule has 1 saturated heterocycles. The van der Waals surface area contributed by atoms with Crippen LogP contribution in [0.15, 0.2) is 22.8 Å². The van der Waals surface area contributed by atoms with Gasteiger partial charge >= 0.3 is 5.97 Å². The SMILES string of the molecule is COCCN(CC(=O)O)C(=O)C1CC(=O)N(Cc2ccco2)C1. The molecule has 1 aromatic rings. The second-order valence-corrected chi connectivity index (χ2v) is 5.40. The van der Waals surface area contributed by atoms with E-state index in [9.17, 15) is 14.4 Å². The summed E-state index contributed by atoms with van der Waals surface area (Å²) in [5, 5.41) is 8.93. The van der Waals surface area contributed by atoms with Gasteiger partial charge in [-0.1, -0.05) is 0 Å². The zero-order valence-corrected chi connectivity index (χ0v) is 12.9. The van der Waals surface area contributed by atoms with Crippen LogP contribution in [0.25, 0.3) is 0 Å². The lowest BCUT2D eigenvalue weighted by Gasteiger charge is -2.23. The van der Waals surface area contributed by atoms with Gasteiger partial charge < -0.3 is 24.1 Å². The summed E-state index contributed by atoms with van der Waals surface area (Å²) >= 11 is 0. The lowest BCUT2D eigenvalue weighted by atomic mass is 10.1. The molecule has 2 heterocycles. The maximum Gasteiger partial charge on any atom is 0.323 e. The number of rotatable bonds is 8. The van der Waals surface area contributed by atoms with Crippen molar-refractivity contribution in [3.05, 3.63) is 24.2 Å². The molecule has 1 aromatic heterocycles. The fourth-order valence-corrected chi connectivity index (χ4v) is 2.57. The average molecular weight is 324 g/mol. The van der Waals surface area contributed by atoms with Crippen LogP contribution in [0.1, 0.15) is 12.2 Å². The molecule has 2 rings (SSSR count). The number of hydrogen-bond donors (Lipinski definition) is 1. The molecule has 2 amide bonds. The molecule has 0 bridgehead atoms. The Bertz CT molecular complexity index is 556. The summed E-state index contributed by atoms with van der Waals surface area (Å²) in [7, 11) is 1.48. The molecule has 0 aliphatic carbocycles. The molecule has 8 heteroatoms. The number of hydrogen-bond acceptors (Lipinski definition) is 5. The molecule has 1 N–H and O–H groups in total. The molecule has 1 fully saturated rings. The summed E-state index contributed by atoms with van der Waals surface area (Å²) in [4.78, 5) is 38.2. The number of carboxylic acid groups (broad SMARTS) is 1. The highest BCUT2D eigenvalue weighted by Gasteiger charge is 2.37. The first kappa shape index (κ1) is 17.0. The number of carbonyl (C=O) groups excluding carboxylic acids is 2. The molecule has 1 unspecified atom stereocenters. The Morgan fingerprint density at radius 2 is 2.30 bits per heavy atom. The number of amides is 2. The highest BCUT2D eigenvalue weighted by atomic mass is 16.5. The van der Waals surface area contributed by atoms with Crippen molar-refractivity contribution in [3.63, 3.8) is 0 Å². The molecular formula is C15H20N2O6. The van der Waals surface area contributed by atoms with Crippen molar-refractivity contribution in [2.24, 2.45) is 5.92 Å². The minimum Gasteiger partial charge on any atom is -0.480 e. The number of nitrogens with zero attached hydrogens (tertiary/aromatic N) is 2. The van der Waals surface area contributed by atoms with Crippen LogP contribution < -0.4 is 0 Å². The number of carboxylic acids is 1. The zero-order valence-electron chi connectivity index (χ0n) is 12.9. The third-order valence-electron chi connectivity index (χ3n) is 3.69. The van der Waals surface area contributed by atoms with Crippen LogP contribution in [0.5, 0.6) is 0 Å². The highest BCUT2D eigenvalue weighted by molar-refractivity contribution is 5.90. The molecular weight excluding hydrogens is 304 g/mol. The molecule has 23 heavy (non-hydrogen) atoms. The summed E-state index contributed by atoms with van der Waals surface area (Å²) in [6.45, 7) is 0.611. The fraction of sp³-hybridized carbons (Fsp3) is 0.533. The minimum atomic E-state index is -1.09. The van der Waals surface area contributed by atoms with E-state index in [-0.39, 0.29) is 37.9 Å². The quantitative estimate of drug-likeness (QED) is 0.732. The van der Waals surface area contributed by atoms with Crippen molar-refractivity contribution in [1.29, 1.82) is 0 Å². The first-order valence-corrected chi connectivity index (χ1v) is 7.31. The van der Waals surface area contributed by atoms with Crippen LogP contribution in [0.2, 0.25) is 0 Å². The van der Waals surface area contributed by atoms with Crippen molar-refractivity contribution < 1.29 is 28.6 Å². The first-order chi connectivity index (χ1) is 11.0. The van der Waals surface area contributed by atoms with Crippen LogP contribution >= 0.6 is 0 Å². The molecule has 1 atom stereocenters. The van der Waals surface area contributed by atoms with Gasteiger partial charge in [0.05, 0.1) is 25.3 Å². The Labute approximate surface area is 133 Å². The van der Waals surface area contributed by atoms with Crippen LogP contribution in [0.4, 0.5) is 0 Å². The maximum atomic E-state index is 12.5. The Kier molecular flexibility index (Phi) is 5.75. The van der Waals surface area contributed by atoms with Crippen molar-refractivity contribution in [2.75, 3.05) is 33.4 Å². The van der Waals surface area contributed by atoms with Crippen LogP contribution in [0.3, 0.4) is 0 Å². The number of aliphatic carboxylic acids is 1. The number of furan rings is 1. The van der Waals surface area contributed by atoms with E-state index in [0.29, 0.717) is 12.3 Å². The molecule has 1 aliphatic heterocycles. The van der Waals surface area contributed by atoms with E-state index < -0.39 is 18.4 Å². The Morgan fingerprint density at radius 3 is 2.91 bits per heavy atom. The van der Waals surface area contributed by atoms with Crippen LogP contribution in [-0.2, 0) is 25.7 Å². The van der Waals surface area contributed by atoms with E-state index in [4.69, 9.17) is 14.3 Å². The highest BCUT2D eigenvalue weighted by Crippen LogP contribution is 2.22. The second kappa shape index (κ2) is 7.77. The number of methoxy groups -OCH3 is 1. The third kappa shape index (κ3) is 4.56. The van der Waals surface area contributed by atoms with Gasteiger partial charge in [-0.05, 0) is 12.1 Å². The van der Waals surface area contributed by atoms with E-state index >= 15 is 0 Å². The molecule has 0 saturated carbocycles. The van der Waals surface area contributed by atoms with Gasteiger partial charge in [-0.3, -0.25) is 14.4 Å². The standard InChI is InChI=1S/C15H20N2O6/c1-22-6-4-16(10-14(19)20)15(21)11-7-13(18)17(8-11)9-12-3-2-5-23-12/h2-3,5,11H,4,6-10H2,1H3,(H,19,20). The number of carbonyl (C=O) groups is 3. The Morgan fingerprint density at radius 1 is 1.52 bits per heavy atom. The van der Waals surface area contributed by atoms with E-state index in [1.54, 1.807) is 17.0 Å². The van der Waals surface area contributed by atoms with Gasteiger partial charge in [0.1, 0.15) is 12.3 Å². The second-order valence-electron chi connectivity index (χ2n) is 5.40. The molecule has 1 aliphatic rings. The first-order valence-electron chi connectivity index (χ1n) is 7.31. The van der Waals surface area contributed by atoms with E-state index in [1.165, 1.54) is 18.3 Å². The molecule has 8 nitrogen and oxygen atoms in total. The zero-order chi connectivity index (χ0) is 16.8. The average Bonchev–Trinajstić information content (AvgIpc) is 3.13. The van der Waals surface area contributed by atoms with Crippen LogP contribution in [-0.4, -0.2) is 66.0 Å². The molecule has 0 spiro atoms. The Hall–Kier alpha value is -2.35. The van der Waals surface area contributed by atoms with Gasteiger partial charge in [0, 0.05) is 26.6 Å². The topological polar surface area (TPSA) is 100 Å². The summed E-state index contributed by atoms with van der Waals surface area (Å²) in [5.74, 6) is -1.45. The summed E-state index contributed by atoms with van der Waals surface area (Å²) in [6.07, 6.45) is 1.61. The van der Waals surface area contributed by atoms with E-state index in [2.05, 4.69) is 0 Å². The predicted octanol–water partition coefficient (Wildman–Crippen LogP) is 0.188. The fourth-order valence-electron chi connectivity index (χ4n) is 2.57. The molecule has 0 radical (unpaired) electrons. The van der Waals surface area contributed by atoms with Gasteiger partial charge in [-0.2, -0.15) is 0 Å². The van der Waals surface area contributed by atoms with E-state index in [0.717, 1.165) is 0 Å². The Balaban J connectivity index is 1.97. The van der Waals surface area contributed by atoms with Crippen molar-refractivity contribution >= 4 is 17.8 Å².